The Bertz CT molecular complexity index is 738. The number of hydrogen-bond acceptors (Lipinski definition) is 1. The molecule has 1 heterocycles. The number of nitrogens with zero attached hydrogens (tertiary/aromatic N) is 1. The maximum absolute atomic E-state index is 12.0. The average molecular weight is 238 g/mol. The summed E-state index contributed by atoms with van der Waals surface area (Å²) in [7, 11) is 0. The van der Waals surface area contributed by atoms with E-state index in [4.69, 9.17) is 0 Å². The van der Waals surface area contributed by atoms with E-state index < -0.39 is 0 Å². The van der Waals surface area contributed by atoms with E-state index in [0.717, 1.165) is 22.2 Å². The first-order chi connectivity index (χ1) is 8.75. The Hall–Kier alpha value is -2.29. The third-order valence-corrected chi connectivity index (χ3v) is 3.20. The van der Waals surface area contributed by atoms with Crippen LogP contribution in [0.2, 0.25) is 0 Å². The van der Waals surface area contributed by atoms with Gasteiger partial charge in [0.1, 0.15) is 0 Å². The highest BCUT2D eigenvalue weighted by Gasteiger charge is 2.08. The molecule has 0 fully saturated rings. The second-order valence-electron chi connectivity index (χ2n) is 4.47. The van der Waals surface area contributed by atoms with Crippen LogP contribution in [0, 0.1) is 6.92 Å². The van der Waals surface area contributed by atoms with Crippen LogP contribution in [0.5, 0.6) is 0 Å². The Balaban J connectivity index is 2.15. The summed E-state index contributed by atoms with van der Waals surface area (Å²) < 4.78 is 1.78. The normalized spacial score (nSPS) is 10.9. The van der Waals surface area contributed by atoms with Crippen molar-refractivity contribution >= 4 is 11.0 Å². The van der Waals surface area contributed by atoms with Crippen molar-refractivity contribution in [3.8, 4) is 0 Å². The molecule has 0 amide bonds. The van der Waals surface area contributed by atoms with Crippen molar-refractivity contribution in [2.24, 2.45) is 0 Å². The van der Waals surface area contributed by atoms with Crippen molar-refractivity contribution in [1.82, 2.24) is 9.55 Å². The summed E-state index contributed by atoms with van der Waals surface area (Å²) in [6.07, 6.45) is 0. The van der Waals surface area contributed by atoms with Gasteiger partial charge in [-0.25, -0.2) is 4.79 Å². The number of aromatic nitrogens is 2. The molecule has 0 bridgehead atoms. The number of imidazole rings is 1. The molecule has 0 unspecified atom stereocenters. The van der Waals surface area contributed by atoms with E-state index in [-0.39, 0.29) is 5.69 Å². The zero-order valence-corrected chi connectivity index (χ0v) is 10.2. The molecule has 0 aliphatic heterocycles. The number of para-hydroxylation sites is 1. The van der Waals surface area contributed by atoms with Crippen LogP contribution in [0.4, 0.5) is 0 Å². The molecule has 0 saturated heterocycles. The van der Waals surface area contributed by atoms with E-state index >= 15 is 0 Å². The molecule has 0 aliphatic carbocycles. The Labute approximate surface area is 105 Å². The fourth-order valence-corrected chi connectivity index (χ4v) is 2.25. The van der Waals surface area contributed by atoms with Gasteiger partial charge >= 0.3 is 5.69 Å². The van der Waals surface area contributed by atoms with Crippen molar-refractivity contribution in [2.45, 2.75) is 13.5 Å². The van der Waals surface area contributed by atoms with Gasteiger partial charge in [0.15, 0.2) is 0 Å². The summed E-state index contributed by atoms with van der Waals surface area (Å²) in [4.78, 5) is 14.9. The standard InChI is InChI=1S/C15H14N2O/c1-11-6-5-9-13-14(11)16-15(18)17(13)10-12-7-3-2-4-8-12/h2-9H,10H2,1H3,(H,16,18). The van der Waals surface area contributed by atoms with Gasteiger partial charge in [-0.1, -0.05) is 42.5 Å². The van der Waals surface area contributed by atoms with Crippen LogP contribution >= 0.6 is 0 Å². The van der Waals surface area contributed by atoms with E-state index in [9.17, 15) is 4.79 Å². The van der Waals surface area contributed by atoms with Crippen LogP contribution in [0.25, 0.3) is 11.0 Å². The number of hydrogen-bond donors (Lipinski definition) is 1. The Morgan fingerprint density at radius 1 is 1.06 bits per heavy atom. The first-order valence-electron chi connectivity index (χ1n) is 5.98. The molecule has 0 radical (unpaired) electrons. The van der Waals surface area contributed by atoms with Crippen LogP contribution in [0.3, 0.4) is 0 Å². The highest BCUT2D eigenvalue weighted by Crippen LogP contribution is 2.15. The van der Waals surface area contributed by atoms with Gasteiger partial charge in [0.25, 0.3) is 0 Å². The van der Waals surface area contributed by atoms with Crippen molar-refractivity contribution in [1.29, 1.82) is 0 Å². The van der Waals surface area contributed by atoms with E-state index in [0.29, 0.717) is 6.54 Å². The molecule has 2 aromatic carbocycles. The maximum Gasteiger partial charge on any atom is 0.326 e. The fourth-order valence-electron chi connectivity index (χ4n) is 2.25. The van der Waals surface area contributed by atoms with Crippen molar-refractivity contribution in [3.05, 3.63) is 70.1 Å². The first kappa shape index (κ1) is 10.8. The summed E-state index contributed by atoms with van der Waals surface area (Å²) >= 11 is 0. The number of nitrogens with one attached hydrogen (secondary N) is 1. The molecular formula is C15H14N2O. The monoisotopic (exact) mass is 238 g/mol. The lowest BCUT2D eigenvalue weighted by atomic mass is 10.2. The molecule has 18 heavy (non-hydrogen) atoms. The van der Waals surface area contributed by atoms with Gasteiger partial charge in [-0.15, -0.1) is 0 Å². The third-order valence-electron chi connectivity index (χ3n) is 3.20. The van der Waals surface area contributed by atoms with Gasteiger partial charge in [-0.2, -0.15) is 0 Å². The minimum absolute atomic E-state index is 0.0526. The lowest BCUT2D eigenvalue weighted by Gasteiger charge is -2.03. The predicted octanol–water partition coefficient (Wildman–Crippen LogP) is 2.69. The second kappa shape index (κ2) is 4.18. The minimum Gasteiger partial charge on any atom is -0.305 e. The minimum atomic E-state index is -0.0526. The number of aromatic amines is 1. The van der Waals surface area contributed by atoms with Crippen LogP contribution in [0.1, 0.15) is 11.1 Å². The topological polar surface area (TPSA) is 37.8 Å². The van der Waals surface area contributed by atoms with Crippen molar-refractivity contribution in [2.75, 3.05) is 0 Å². The van der Waals surface area contributed by atoms with Crippen molar-refractivity contribution < 1.29 is 0 Å². The molecule has 3 aromatic rings. The molecule has 1 aromatic heterocycles. The molecule has 1 N–H and O–H groups in total. The molecule has 0 aliphatic rings. The van der Waals surface area contributed by atoms with E-state index in [1.807, 2.05) is 55.5 Å². The number of H-pyrrole nitrogens is 1. The summed E-state index contributed by atoms with van der Waals surface area (Å²) in [5, 5.41) is 0. The number of fused-ring (bicyclic) bond motifs is 1. The zero-order valence-electron chi connectivity index (χ0n) is 10.2. The smallest absolute Gasteiger partial charge is 0.305 e. The number of rotatable bonds is 2. The quantitative estimate of drug-likeness (QED) is 0.732. The molecule has 3 rings (SSSR count). The molecule has 3 heteroatoms. The molecule has 0 saturated carbocycles. The Morgan fingerprint density at radius 2 is 1.83 bits per heavy atom. The van der Waals surface area contributed by atoms with Crippen LogP contribution < -0.4 is 5.69 Å². The van der Waals surface area contributed by atoms with Gasteiger partial charge < -0.3 is 4.98 Å². The zero-order chi connectivity index (χ0) is 12.5. The van der Waals surface area contributed by atoms with Gasteiger partial charge in [-0.3, -0.25) is 4.57 Å². The van der Waals surface area contributed by atoms with Gasteiger partial charge in [-0.05, 0) is 24.1 Å². The van der Waals surface area contributed by atoms with E-state index in [2.05, 4.69) is 4.98 Å². The third kappa shape index (κ3) is 1.74. The van der Waals surface area contributed by atoms with Gasteiger partial charge in [0.2, 0.25) is 0 Å². The van der Waals surface area contributed by atoms with Gasteiger partial charge in [0, 0.05) is 0 Å². The number of benzene rings is 2. The first-order valence-corrected chi connectivity index (χ1v) is 5.98. The fraction of sp³-hybridized carbons (Fsp3) is 0.133. The Morgan fingerprint density at radius 3 is 2.61 bits per heavy atom. The number of aryl methyl sites for hydroxylation is 1. The molecule has 90 valence electrons. The van der Waals surface area contributed by atoms with Gasteiger partial charge in [0.05, 0.1) is 17.6 Å². The van der Waals surface area contributed by atoms with Crippen LogP contribution in [0.15, 0.2) is 53.3 Å². The lowest BCUT2D eigenvalue weighted by molar-refractivity contribution is 0.787. The van der Waals surface area contributed by atoms with E-state index in [1.54, 1.807) is 4.57 Å². The summed E-state index contributed by atoms with van der Waals surface area (Å²) in [5.74, 6) is 0. The highest BCUT2D eigenvalue weighted by molar-refractivity contribution is 5.78. The van der Waals surface area contributed by atoms with Crippen LogP contribution in [-0.2, 0) is 6.54 Å². The molecule has 0 spiro atoms. The summed E-state index contributed by atoms with van der Waals surface area (Å²) in [5.41, 5.74) is 4.06. The SMILES string of the molecule is Cc1cccc2c1[nH]c(=O)n2Cc1ccccc1. The van der Waals surface area contributed by atoms with E-state index in [1.165, 1.54) is 0 Å². The summed E-state index contributed by atoms with van der Waals surface area (Å²) in [6, 6.07) is 16.0. The molecule has 0 atom stereocenters. The van der Waals surface area contributed by atoms with Crippen molar-refractivity contribution in [3.63, 3.8) is 0 Å². The highest BCUT2D eigenvalue weighted by atomic mass is 16.1. The summed E-state index contributed by atoms with van der Waals surface area (Å²) in [6.45, 7) is 2.61. The molecular weight excluding hydrogens is 224 g/mol. The Kier molecular flexibility index (Phi) is 2.52. The maximum atomic E-state index is 12.0. The molecule has 3 nitrogen and oxygen atoms in total. The second-order valence-corrected chi connectivity index (χ2v) is 4.47. The average Bonchev–Trinajstić information content (AvgIpc) is 2.70. The largest absolute Gasteiger partial charge is 0.326 e. The predicted molar refractivity (Wildman–Crippen MR) is 72.8 cm³/mol. The van der Waals surface area contributed by atoms with Crippen LogP contribution in [-0.4, -0.2) is 9.55 Å². The lowest BCUT2D eigenvalue weighted by Crippen LogP contribution is -2.17.